The Morgan fingerprint density at radius 2 is 0.717 bits per heavy atom. The van der Waals surface area contributed by atoms with Crippen molar-refractivity contribution in [1.82, 2.24) is 0 Å². The first-order valence-corrected chi connectivity index (χ1v) is 19.9. The summed E-state index contributed by atoms with van der Waals surface area (Å²) < 4.78 is 0. The third-order valence-corrected chi connectivity index (χ3v) is 12.4. The van der Waals surface area contributed by atoms with E-state index in [0.717, 1.165) is 68.5 Å². The minimum Gasteiger partial charge on any atom is -0.289 e. The SMILES string of the molecule is CCCCCCC1(CCCCCC)c2cc(-c3ccc4c(c3)C(=O)c3ccccc3-4)ccc2-c2ccc(-c3ccc4c(c3)C(=O)c3ccccc3-4)cc21. The molecule has 9 rings (SSSR count). The summed E-state index contributed by atoms with van der Waals surface area (Å²) in [7, 11) is 0. The third-order valence-electron chi connectivity index (χ3n) is 12.4. The Balaban J connectivity index is 1.15. The van der Waals surface area contributed by atoms with Gasteiger partial charge in [-0.3, -0.25) is 9.59 Å². The predicted octanol–water partition coefficient (Wildman–Crippen LogP) is 13.7. The van der Waals surface area contributed by atoms with Crippen LogP contribution >= 0.6 is 0 Å². The maximum absolute atomic E-state index is 13.5. The number of ketones is 2. The smallest absolute Gasteiger partial charge is 0.194 e. The van der Waals surface area contributed by atoms with Crippen LogP contribution in [0.3, 0.4) is 0 Å². The summed E-state index contributed by atoms with van der Waals surface area (Å²) in [6.45, 7) is 4.58. The summed E-state index contributed by atoms with van der Waals surface area (Å²) in [6.07, 6.45) is 12.0. The van der Waals surface area contributed by atoms with Crippen molar-refractivity contribution < 1.29 is 9.59 Å². The molecule has 0 amide bonds. The van der Waals surface area contributed by atoms with Gasteiger partial charge in [0.05, 0.1) is 0 Å². The molecule has 0 fully saturated rings. The lowest BCUT2D eigenvalue weighted by Crippen LogP contribution is -2.25. The van der Waals surface area contributed by atoms with Crippen LogP contribution in [-0.2, 0) is 5.41 Å². The van der Waals surface area contributed by atoms with Crippen LogP contribution in [-0.4, -0.2) is 11.6 Å². The van der Waals surface area contributed by atoms with Crippen LogP contribution in [0.1, 0.15) is 121 Å². The number of carbonyl (C=O) groups excluding carboxylic acids is 2. The minimum atomic E-state index is -0.107. The normalized spacial score (nSPS) is 14.1. The number of carbonyl (C=O) groups is 2. The van der Waals surface area contributed by atoms with Gasteiger partial charge in [0.15, 0.2) is 11.6 Å². The van der Waals surface area contributed by atoms with E-state index in [1.807, 2.05) is 36.4 Å². The maximum Gasteiger partial charge on any atom is 0.194 e. The highest BCUT2D eigenvalue weighted by atomic mass is 16.1. The topological polar surface area (TPSA) is 34.1 Å². The monoisotopic (exact) mass is 690 g/mol. The molecular formula is C51H46O2. The summed E-state index contributed by atoms with van der Waals surface area (Å²) in [5.41, 5.74) is 17.3. The predicted molar refractivity (Wildman–Crippen MR) is 219 cm³/mol. The van der Waals surface area contributed by atoms with Gasteiger partial charge in [0.25, 0.3) is 0 Å². The number of unbranched alkanes of at least 4 members (excludes halogenated alkanes) is 6. The van der Waals surface area contributed by atoms with Crippen molar-refractivity contribution in [3.8, 4) is 55.6 Å². The molecule has 0 saturated heterocycles. The Morgan fingerprint density at radius 1 is 0.358 bits per heavy atom. The van der Waals surface area contributed by atoms with Gasteiger partial charge in [-0.25, -0.2) is 0 Å². The molecule has 3 aliphatic rings. The molecule has 2 nitrogen and oxygen atoms in total. The molecule has 0 spiro atoms. The fourth-order valence-corrected chi connectivity index (χ4v) is 9.64. The van der Waals surface area contributed by atoms with E-state index in [9.17, 15) is 9.59 Å². The third kappa shape index (κ3) is 5.45. The molecule has 6 aromatic carbocycles. The van der Waals surface area contributed by atoms with Gasteiger partial charge >= 0.3 is 0 Å². The van der Waals surface area contributed by atoms with Crippen molar-refractivity contribution in [2.45, 2.75) is 83.5 Å². The fraction of sp³-hybridized carbons (Fsp3) is 0.255. The molecule has 0 atom stereocenters. The molecule has 53 heavy (non-hydrogen) atoms. The summed E-state index contributed by atoms with van der Waals surface area (Å²) in [5, 5.41) is 0. The minimum absolute atomic E-state index is 0.107. The Labute approximate surface area is 313 Å². The van der Waals surface area contributed by atoms with Gasteiger partial charge in [-0.1, -0.05) is 162 Å². The van der Waals surface area contributed by atoms with E-state index >= 15 is 0 Å². The Kier molecular flexibility index (Phi) is 8.58. The van der Waals surface area contributed by atoms with Crippen molar-refractivity contribution >= 4 is 11.6 Å². The molecule has 3 aliphatic carbocycles. The number of rotatable bonds is 12. The van der Waals surface area contributed by atoms with Crippen molar-refractivity contribution in [1.29, 1.82) is 0 Å². The molecule has 0 N–H and O–H groups in total. The highest BCUT2D eigenvalue weighted by Gasteiger charge is 2.43. The van der Waals surface area contributed by atoms with Gasteiger partial charge < -0.3 is 0 Å². The number of hydrogen-bond acceptors (Lipinski definition) is 2. The van der Waals surface area contributed by atoms with Gasteiger partial charge in [-0.05, 0) is 104 Å². The average Bonchev–Trinajstić information content (AvgIpc) is 3.77. The molecule has 0 aliphatic heterocycles. The molecule has 0 unspecified atom stereocenters. The largest absolute Gasteiger partial charge is 0.289 e. The molecule has 0 radical (unpaired) electrons. The number of hydrogen-bond donors (Lipinski definition) is 0. The van der Waals surface area contributed by atoms with Crippen molar-refractivity contribution in [3.05, 3.63) is 155 Å². The summed E-state index contributed by atoms with van der Waals surface area (Å²) in [6, 6.07) is 43.0. The summed E-state index contributed by atoms with van der Waals surface area (Å²) in [4.78, 5) is 27.0. The van der Waals surface area contributed by atoms with Crippen LogP contribution in [0.4, 0.5) is 0 Å². The first-order chi connectivity index (χ1) is 26.0. The van der Waals surface area contributed by atoms with Crippen LogP contribution in [0.15, 0.2) is 121 Å². The van der Waals surface area contributed by atoms with Crippen LogP contribution in [0, 0.1) is 0 Å². The molecule has 0 aromatic heterocycles. The van der Waals surface area contributed by atoms with Crippen molar-refractivity contribution in [3.63, 3.8) is 0 Å². The lowest BCUT2D eigenvalue weighted by Gasteiger charge is -2.33. The van der Waals surface area contributed by atoms with Crippen LogP contribution in [0.2, 0.25) is 0 Å². The van der Waals surface area contributed by atoms with Crippen molar-refractivity contribution in [2.75, 3.05) is 0 Å². The molecule has 0 saturated carbocycles. The Bertz CT molecular complexity index is 2260. The van der Waals surface area contributed by atoms with E-state index < -0.39 is 0 Å². The number of fused-ring (bicyclic) bond motifs is 9. The van der Waals surface area contributed by atoms with E-state index in [0.29, 0.717) is 0 Å². The van der Waals surface area contributed by atoms with E-state index in [-0.39, 0.29) is 17.0 Å². The molecule has 0 bridgehead atoms. The van der Waals surface area contributed by atoms with Gasteiger partial charge in [0.1, 0.15) is 0 Å². The zero-order valence-electron chi connectivity index (χ0n) is 30.9. The maximum atomic E-state index is 13.5. The van der Waals surface area contributed by atoms with E-state index in [1.165, 1.54) is 84.7 Å². The molecule has 262 valence electrons. The fourth-order valence-electron chi connectivity index (χ4n) is 9.64. The Morgan fingerprint density at radius 3 is 1.13 bits per heavy atom. The van der Waals surface area contributed by atoms with Gasteiger partial charge in [-0.15, -0.1) is 0 Å². The van der Waals surface area contributed by atoms with E-state index in [2.05, 4.69) is 98.8 Å². The van der Waals surface area contributed by atoms with E-state index in [1.54, 1.807) is 0 Å². The second kappa shape index (κ2) is 13.6. The van der Waals surface area contributed by atoms with Crippen LogP contribution in [0.25, 0.3) is 55.6 Å². The van der Waals surface area contributed by atoms with Gasteiger partial charge in [0.2, 0.25) is 0 Å². The first-order valence-electron chi connectivity index (χ1n) is 19.9. The molecule has 0 heterocycles. The summed E-state index contributed by atoms with van der Waals surface area (Å²) >= 11 is 0. The second-order valence-corrected chi connectivity index (χ2v) is 15.5. The standard InChI is InChI=1S/C51H46O2/c1-3-5-7-13-27-51(28-14-8-6-4-2)47-31-35(33-19-23-39-37-15-9-11-17-43(37)49(52)45(39)29-33)21-25-41(47)42-26-22-36(32-48(42)51)34-20-24-40-38-16-10-12-18-44(38)50(53)46(40)30-34/h9-12,15-26,29-32H,3-8,13-14,27-28H2,1-2H3. The average molecular weight is 691 g/mol. The quantitative estimate of drug-likeness (QED) is 0.120. The summed E-state index contributed by atoms with van der Waals surface area (Å²) in [5.74, 6) is 0.244. The molecule has 2 heteroatoms. The van der Waals surface area contributed by atoms with Crippen LogP contribution < -0.4 is 0 Å². The lowest BCUT2D eigenvalue weighted by molar-refractivity contribution is 0.103. The van der Waals surface area contributed by atoms with E-state index in [4.69, 9.17) is 0 Å². The Hall–Kier alpha value is -5.34. The highest BCUT2D eigenvalue weighted by molar-refractivity contribution is 6.23. The zero-order valence-corrected chi connectivity index (χ0v) is 30.9. The van der Waals surface area contributed by atoms with Crippen molar-refractivity contribution in [2.24, 2.45) is 0 Å². The van der Waals surface area contributed by atoms with Gasteiger partial charge in [0, 0.05) is 27.7 Å². The second-order valence-electron chi connectivity index (χ2n) is 15.5. The molecule has 6 aromatic rings. The first kappa shape index (κ1) is 33.5. The number of benzene rings is 6. The molecular weight excluding hydrogens is 645 g/mol. The van der Waals surface area contributed by atoms with Gasteiger partial charge in [-0.2, -0.15) is 0 Å². The zero-order chi connectivity index (χ0) is 36.1. The van der Waals surface area contributed by atoms with Crippen LogP contribution in [0.5, 0.6) is 0 Å². The lowest BCUT2D eigenvalue weighted by atomic mass is 9.70. The highest BCUT2D eigenvalue weighted by Crippen LogP contribution is 2.56.